The van der Waals surface area contributed by atoms with E-state index in [1.54, 1.807) is 24.3 Å². The number of rotatable bonds is 19. The number of benzene rings is 2. The van der Waals surface area contributed by atoms with Crippen molar-refractivity contribution in [2.45, 2.75) is 51.9 Å². The van der Waals surface area contributed by atoms with E-state index in [0.29, 0.717) is 34.0 Å². The van der Waals surface area contributed by atoms with E-state index in [4.69, 9.17) is 19.7 Å². The van der Waals surface area contributed by atoms with Crippen molar-refractivity contribution in [3.63, 3.8) is 0 Å². The number of nitrogens with one attached hydrogen (secondary N) is 4. The van der Waals surface area contributed by atoms with Gasteiger partial charge < -0.3 is 51.2 Å². The van der Waals surface area contributed by atoms with Crippen molar-refractivity contribution in [1.82, 2.24) is 20.6 Å². The fourth-order valence-corrected chi connectivity index (χ4v) is 5.67. The summed E-state index contributed by atoms with van der Waals surface area (Å²) in [6, 6.07) is 11.9. The van der Waals surface area contributed by atoms with E-state index in [-0.39, 0.29) is 50.5 Å². The van der Waals surface area contributed by atoms with E-state index in [0.717, 1.165) is 22.3 Å². The second-order valence-electron chi connectivity index (χ2n) is 12.2. The topological polar surface area (TPSA) is 242 Å². The van der Waals surface area contributed by atoms with E-state index in [2.05, 4.69) is 31.2 Å². The van der Waals surface area contributed by atoms with Gasteiger partial charge in [-0.15, -0.1) is 0 Å². The number of amides is 2. The maximum absolute atomic E-state index is 13.3. The van der Waals surface area contributed by atoms with Crippen LogP contribution in [0.3, 0.4) is 0 Å². The highest BCUT2D eigenvalue weighted by Gasteiger charge is 2.21. The summed E-state index contributed by atoms with van der Waals surface area (Å²) in [6.45, 7) is 3.31. The Labute approximate surface area is 311 Å². The van der Waals surface area contributed by atoms with Crippen molar-refractivity contribution >= 4 is 35.1 Å². The van der Waals surface area contributed by atoms with Gasteiger partial charge in [-0.25, -0.2) is 0 Å². The zero-order valence-electron chi connectivity index (χ0n) is 30.3. The lowest BCUT2D eigenvalue weighted by Crippen LogP contribution is -2.37. The largest absolute Gasteiger partial charge is 0.496 e. The number of nitrogens with zero attached hydrogens (tertiary/aromatic N) is 2. The van der Waals surface area contributed by atoms with Crippen LogP contribution >= 0.6 is 0 Å². The number of carboxylic acids is 2. The van der Waals surface area contributed by atoms with Crippen molar-refractivity contribution in [3.8, 4) is 22.6 Å². The summed E-state index contributed by atoms with van der Waals surface area (Å²) >= 11 is 0. The van der Waals surface area contributed by atoms with E-state index in [9.17, 15) is 29.4 Å². The van der Waals surface area contributed by atoms with Gasteiger partial charge in [-0.2, -0.15) is 0 Å². The quantitative estimate of drug-likeness (QED) is 0.0688. The number of aliphatic carboxylic acids is 2. The van der Waals surface area contributed by atoms with Crippen LogP contribution in [0.2, 0.25) is 0 Å². The number of hydrogen-bond acceptors (Lipinski definition) is 12. The molecule has 0 aliphatic heterocycles. The summed E-state index contributed by atoms with van der Waals surface area (Å²) in [4.78, 5) is 58.1. The number of carbonyl (C=O) groups is 4. The first kappa shape index (κ1) is 40.8. The zero-order chi connectivity index (χ0) is 39.4. The molecule has 0 radical (unpaired) electrons. The summed E-state index contributed by atoms with van der Waals surface area (Å²) in [7, 11) is 2.86. The average molecular weight is 745 g/mol. The van der Waals surface area contributed by atoms with Crippen molar-refractivity contribution < 1.29 is 49.1 Å². The van der Waals surface area contributed by atoms with Gasteiger partial charge >= 0.3 is 11.9 Å². The number of methoxy groups -OCH3 is 2. The average Bonchev–Trinajstić information content (AvgIpc) is 3.16. The Morgan fingerprint density at radius 3 is 1.39 bits per heavy atom. The molecule has 0 saturated heterocycles. The Morgan fingerprint density at radius 1 is 0.667 bits per heavy atom. The van der Waals surface area contributed by atoms with E-state index >= 15 is 0 Å². The summed E-state index contributed by atoms with van der Waals surface area (Å²) in [5, 5.41) is 48.5. The van der Waals surface area contributed by atoms with Crippen molar-refractivity contribution in [2.24, 2.45) is 0 Å². The normalized spacial score (nSPS) is 12.0. The molecule has 16 heteroatoms. The Bertz CT molecular complexity index is 1850. The van der Waals surface area contributed by atoms with Gasteiger partial charge in [-0.05, 0) is 61.1 Å². The maximum atomic E-state index is 13.3. The molecule has 2 heterocycles. The Morgan fingerprint density at radius 2 is 1.06 bits per heavy atom. The standard InChI is InChI=1S/C38H44N6O10/c1-21-25(7-5-9-27(21)43-35(47)31-15-33(53-3)23(19-41-31)17-39-29(11-13-45)37(49)50)26-8-6-10-28(22(26)2)44-36(48)32-16-34(54-4)24(20-42-32)18-40-30(12-14-46)38(51)52/h5-10,15-16,19-20,29-30,39-40,45-46H,11-14,17-18H2,1-4H3,(H,43,47)(H,44,48)(H,49,50)(H,51,52)/t29-,30-/m0/s1. The lowest BCUT2D eigenvalue weighted by Gasteiger charge is -2.17. The van der Waals surface area contributed by atoms with Gasteiger partial charge in [0.05, 0.1) is 14.2 Å². The van der Waals surface area contributed by atoms with Gasteiger partial charge in [0.25, 0.3) is 11.8 Å². The second-order valence-corrected chi connectivity index (χ2v) is 12.2. The molecule has 0 saturated carbocycles. The predicted molar refractivity (Wildman–Crippen MR) is 199 cm³/mol. The third-order valence-electron chi connectivity index (χ3n) is 8.76. The fraction of sp³-hybridized carbons (Fsp3) is 0.316. The maximum Gasteiger partial charge on any atom is 0.320 e. The Balaban J connectivity index is 1.50. The monoisotopic (exact) mass is 744 g/mol. The minimum atomic E-state index is -1.10. The molecule has 2 atom stereocenters. The van der Waals surface area contributed by atoms with Crippen LogP contribution in [0.4, 0.5) is 11.4 Å². The zero-order valence-corrected chi connectivity index (χ0v) is 30.3. The molecule has 0 aliphatic rings. The van der Waals surface area contributed by atoms with Crippen LogP contribution in [-0.4, -0.2) is 93.7 Å². The molecule has 8 N–H and O–H groups in total. The van der Waals surface area contributed by atoms with Gasteiger partial charge in [0.2, 0.25) is 0 Å². The van der Waals surface area contributed by atoms with Crippen LogP contribution in [0.15, 0.2) is 60.9 Å². The highest BCUT2D eigenvalue weighted by molar-refractivity contribution is 6.05. The number of carboxylic acid groups (broad SMARTS) is 2. The van der Waals surface area contributed by atoms with Crippen LogP contribution in [-0.2, 0) is 22.7 Å². The van der Waals surface area contributed by atoms with Gasteiger partial charge in [0, 0.05) is 73.3 Å². The Hall–Kier alpha value is -5.94. The number of anilines is 2. The summed E-state index contributed by atoms with van der Waals surface area (Å²) in [5.41, 5.74) is 5.41. The van der Waals surface area contributed by atoms with E-state index in [1.807, 2.05) is 26.0 Å². The molecule has 0 spiro atoms. The van der Waals surface area contributed by atoms with Gasteiger partial charge in [-0.3, -0.25) is 29.1 Å². The number of aliphatic hydroxyl groups excluding tert-OH is 2. The minimum absolute atomic E-state index is 0.0244. The van der Waals surface area contributed by atoms with E-state index < -0.39 is 35.8 Å². The number of aromatic nitrogens is 2. The van der Waals surface area contributed by atoms with Gasteiger partial charge in [0.15, 0.2) is 0 Å². The van der Waals surface area contributed by atoms with Crippen LogP contribution in [0.5, 0.6) is 11.5 Å². The number of carbonyl (C=O) groups excluding carboxylic acids is 2. The first-order chi connectivity index (χ1) is 25.9. The molecule has 2 aromatic heterocycles. The molecule has 0 unspecified atom stereocenters. The molecule has 286 valence electrons. The summed E-state index contributed by atoms with van der Waals surface area (Å²) in [6.07, 6.45) is 2.91. The SMILES string of the molecule is COc1cc(C(=O)Nc2cccc(-c3cccc(NC(=O)c4cc(OC)c(CN[C@@H](CCO)C(=O)O)cn4)c3C)c2C)ncc1CN[C@@H](CCO)C(=O)O. The molecule has 2 amide bonds. The number of aliphatic hydroxyl groups is 2. The molecule has 54 heavy (non-hydrogen) atoms. The number of ether oxygens (including phenoxy) is 2. The summed E-state index contributed by atoms with van der Waals surface area (Å²) in [5.74, 6) is -2.52. The smallest absolute Gasteiger partial charge is 0.320 e. The predicted octanol–water partition coefficient (Wildman–Crippen LogP) is 3.13. The third-order valence-corrected chi connectivity index (χ3v) is 8.76. The van der Waals surface area contributed by atoms with Gasteiger partial charge in [0.1, 0.15) is 35.0 Å². The molecule has 0 bridgehead atoms. The second kappa shape index (κ2) is 19.2. The lowest BCUT2D eigenvalue weighted by molar-refractivity contribution is -0.140. The van der Waals surface area contributed by atoms with Crippen LogP contribution < -0.4 is 30.7 Å². The Kier molecular flexibility index (Phi) is 14.5. The highest BCUT2D eigenvalue weighted by Crippen LogP contribution is 2.34. The van der Waals surface area contributed by atoms with Gasteiger partial charge in [-0.1, -0.05) is 24.3 Å². The van der Waals surface area contributed by atoms with Crippen molar-refractivity contribution in [1.29, 1.82) is 0 Å². The molecular formula is C38H44N6O10. The number of pyridine rings is 2. The molecule has 16 nitrogen and oxygen atoms in total. The van der Waals surface area contributed by atoms with Crippen LogP contribution in [0.25, 0.3) is 11.1 Å². The first-order valence-corrected chi connectivity index (χ1v) is 16.9. The molecular weight excluding hydrogens is 700 g/mol. The first-order valence-electron chi connectivity index (χ1n) is 16.9. The van der Waals surface area contributed by atoms with Crippen LogP contribution in [0, 0.1) is 13.8 Å². The minimum Gasteiger partial charge on any atom is -0.496 e. The third kappa shape index (κ3) is 10.1. The van der Waals surface area contributed by atoms with Crippen LogP contribution in [0.1, 0.15) is 56.1 Å². The highest BCUT2D eigenvalue weighted by atomic mass is 16.5. The molecule has 0 aliphatic carbocycles. The molecule has 4 rings (SSSR count). The number of hydrogen-bond donors (Lipinski definition) is 8. The fourth-order valence-electron chi connectivity index (χ4n) is 5.67. The molecule has 4 aromatic rings. The summed E-state index contributed by atoms with van der Waals surface area (Å²) < 4.78 is 10.9. The lowest BCUT2D eigenvalue weighted by atomic mass is 9.94. The molecule has 0 fully saturated rings. The van der Waals surface area contributed by atoms with Crippen molar-refractivity contribution in [2.75, 3.05) is 38.1 Å². The molecule has 2 aromatic carbocycles. The van der Waals surface area contributed by atoms with Crippen molar-refractivity contribution in [3.05, 3.63) is 94.6 Å². The van der Waals surface area contributed by atoms with E-state index in [1.165, 1.54) is 38.7 Å².